The van der Waals surface area contributed by atoms with Gasteiger partial charge in [-0.25, -0.2) is 4.79 Å². The summed E-state index contributed by atoms with van der Waals surface area (Å²) in [4.78, 5) is 24.8. The van der Waals surface area contributed by atoms with Gasteiger partial charge in [0.25, 0.3) is 5.91 Å². The molecule has 1 aromatic heterocycles. The number of ether oxygens (including phenoxy) is 3. The number of hydrogen-bond donors (Lipinski definition) is 1. The maximum atomic E-state index is 12.4. The molecular formula is C18H20N2O6. The van der Waals surface area contributed by atoms with Crippen molar-refractivity contribution in [2.75, 3.05) is 12.1 Å². The Morgan fingerprint density at radius 1 is 1.19 bits per heavy atom. The summed E-state index contributed by atoms with van der Waals surface area (Å²) in [6, 6.07) is 5.03. The minimum absolute atomic E-state index is 0.0310. The lowest BCUT2D eigenvalue weighted by atomic mass is 10.1. The number of hydrogen-bond acceptors (Lipinski definition) is 7. The first-order valence-electron chi connectivity index (χ1n) is 8.24. The van der Waals surface area contributed by atoms with Crippen molar-refractivity contribution in [2.24, 2.45) is 0 Å². The third kappa shape index (κ3) is 3.49. The largest absolute Gasteiger partial charge is 0.454 e. The van der Waals surface area contributed by atoms with Crippen molar-refractivity contribution in [3.8, 4) is 11.5 Å². The van der Waals surface area contributed by atoms with Gasteiger partial charge in [0.2, 0.25) is 6.79 Å². The van der Waals surface area contributed by atoms with Gasteiger partial charge in [-0.3, -0.25) is 4.79 Å². The second-order valence-corrected chi connectivity index (χ2v) is 6.27. The second-order valence-electron chi connectivity index (χ2n) is 6.27. The normalized spacial score (nSPS) is 13.6. The molecule has 0 fully saturated rings. The van der Waals surface area contributed by atoms with Crippen LogP contribution in [0.15, 0.2) is 22.7 Å². The maximum absolute atomic E-state index is 12.4. The fourth-order valence-electron chi connectivity index (χ4n) is 2.52. The fraction of sp³-hybridized carbons (Fsp3) is 0.389. The fourth-order valence-corrected chi connectivity index (χ4v) is 2.52. The lowest BCUT2D eigenvalue weighted by Crippen LogP contribution is -2.30. The summed E-state index contributed by atoms with van der Waals surface area (Å²) in [5.74, 6) is 0.478. The number of esters is 1. The minimum Gasteiger partial charge on any atom is -0.454 e. The number of nitrogens with zero attached hydrogens (tertiary/aromatic N) is 1. The Bertz CT molecular complexity index is 842. The van der Waals surface area contributed by atoms with E-state index >= 15 is 0 Å². The Labute approximate surface area is 150 Å². The van der Waals surface area contributed by atoms with Gasteiger partial charge in [0.1, 0.15) is 5.56 Å². The van der Waals surface area contributed by atoms with Gasteiger partial charge in [0, 0.05) is 17.7 Å². The number of aryl methyl sites for hydroxylation is 1. The van der Waals surface area contributed by atoms with E-state index in [0.29, 0.717) is 28.6 Å². The van der Waals surface area contributed by atoms with E-state index in [1.54, 1.807) is 25.1 Å². The molecule has 1 aliphatic rings. The molecule has 2 heterocycles. The lowest BCUT2D eigenvalue weighted by Gasteiger charge is -2.14. The zero-order valence-electron chi connectivity index (χ0n) is 15.0. The first kappa shape index (κ1) is 17.8. The van der Waals surface area contributed by atoms with Crippen LogP contribution >= 0.6 is 0 Å². The van der Waals surface area contributed by atoms with Crippen molar-refractivity contribution in [1.82, 2.24) is 5.16 Å². The Morgan fingerprint density at radius 2 is 1.92 bits per heavy atom. The summed E-state index contributed by atoms with van der Waals surface area (Å²) >= 11 is 0. The zero-order chi connectivity index (χ0) is 18.8. The number of carbonyl (C=O) groups excluding carboxylic acids is 2. The van der Waals surface area contributed by atoms with Crippen molar-refractivity contribution in [3.05, 3.63) is 35.2 Å². The molecule has 8 nitrogen and oxygen atoms in total. The molecular weight excluding hydrogens is 340 g/mol. The summed E-state index contributed by atoms with van der Waals surface area (Å²) in [6.07, 6.45) is -0.998. The van der Waals surface area contributed by atoms with E-state index in [2.05, 4.69) is 10.5 Å². The van der Waals surface area contributed by atoms with Crippen LogP contribution in [0.25, 0.3) is 0 Å². The molecule has 1 atom stereocenters. The predicted molar refractivity (Wildman–Crippen MR) is 91.4 cm³/mol. The Hall–Kier alpha value is -3.03. The number of aromatic nitrogens is 1. The van der Waals surface area contributed by atoms with Crippen LogP contribution in [0.5, 0.6) is 11.5 Å². The van der Waals surface area contributed by atoms with Crippen molar-refractivity contribution in [1.29, 1.82) is 0 Å². The summed E-state index contributed by atoms with van der Waals surface area (Å²) in [5.41, 5.74) is 1.22. The average Bonchev–Trinajstić information content (AvgIpc) is 3.20. The molecule has 26 heavy (non-hydrogen) atoms. The van der Waals surface area contributed by atoms with Crippen LogP contribution in [0.1, 0.15) is 48.5 Å². The number of amides is 1. The standard InChI is InChI=1S/C18H20N2O6/c1-9(2)16-15(10(3)20-26-16)18(22)25-11(4)17(21)19-12-5-6-13-14(7-12)24-8-23-13/h5-7,9,11H,8H2,1-4H3,(H,19,21)/t11-/m0/s1. The van der Waals surface area contributed by atoms with E-state index in [4.69, 9.17) is 18.7 Å². The van der Waals surface area contributed by atoms with E-state index in [0.717, 1.165) is 0 Å². The second kappa shape index (κ2) is 7.07. The van der Waals surface area contributed by atoms with Crippen LogP contribution < -0.4 is 14.8 Å². The van der Waals surface area contributed by atoms with Crippen LogP contribution in [0.3, 0.4) is 0 Å². The highest BCUT2D eigenvalue weighted by molar-refractivity contribution is 5.98. The summed E-state index contributed by atoms with van der Waals surface area (Å²) in [6.45, 7) is 7.07. The van der Waals surface area contributed by atoms with Crippen LogP contribution in [0, 0.1) is 6.92 Å². The zero-order valence-corrected chi connectivity index (χ0v) is 15.0. The van der Waals surface area contributed by atoms with E-state index in [-0.39, 0.29) is 18.3 Å². The lowest BCUT2D eigenvalue weighted by molar-refractivity contribution is -0.123. The van der Waals surface area contributed by atoms with Gasteiger partial charge in [0.05, 0.1) is 5.69 Å². The number of anilines is 1. The van der Waals surface area contributed by atoms with Gasteiger partial charge in [-0.15, -0.1) is 0 Å². The molecule has 1 aliphatic heterocycles. The number of nitrogens with one attached hydrogen (secondary N) is 1. The van der Waals surface area contributed by atoms with Crippen molar-refractivity contribution < 1.29 is 28.3 Å². The highest BCUT2D eigenvalue weighted by Crippen LogP contribution is 2.34. The molecule has 0 bridgehead atoms. The third-order valence-electron chi connectivity index (χ3n) is 3.91. The number of benzene rings is 1. The SMILES string of the molecule is Cc1noc(C(C)C)c1C(=O)O[C@@H](C)C(=O)Nc1ccc2c(c1)OCO2. The Kier molecular flexibility index (Phi) is 4.83. The summed E-state index contributed by atoms with van der Waals surface area (Å²) < 4.78 is 21.0. The van der Waals surface area contributed by atoms with Gasteiger partial charge < -0.3 is 24.1 Å². The molecule has 1 amide bonds. The molecule has 0 radical (unpaired) electrons. The molecule has 0 saturated heterocycles. The molecule has 8 heteroatoms. The van der Waals surface area contributed by atoms with Gasteiger partial charge in [-0.1, -0.05) is 19.0 Å². The van der Waals surface area contributed by atoms with E-state index in [9.17, 15) is 9.59 Å². The summed E-state index contributed by atoms with van der Waals surface area (Å²) in [7, 11) is 0. The van der Waals surface area contributed by atoms with E-state index in [1.807, 2.05) is 13.8 Å². The third-order valence-corrected chi connectivity index (χ3v) is 3.91. The van der Waals surface area contributed by atoms with Gasteiger partial charge in [-0.05, 0) is 26.0 Å². The quantitative estimate of drug-likeness (QED) is 0.818. The van der Waals surface area contributed by atoms with Crippen LogP contribution in [0.2, 0.25) is 0 Å². The van der Waals surface area contributed by atoms with Gasteiger partial charge in [0.15, 0.2) is 23.4 Å². The molecule has 1 N–H and O–H groups in total. The smallest absolute Gasteiger partial charge is 0.344 e. The minimum atomic E-state index is -0.998. The van der Waals surface area contributed by atoms with Gasteiger partial charge >= 0.3 is 5.97 Å². The van der Waals surface area contributed by atoms with Gasteiger partial charge in [-0.2, -0.15) is 0 Å². The number of fused-ring (bicyclic) bond motifs is 1. The predicted octanol–water partition coefficient (Wildman–Crippen LogP) is 3.02. The van der Waals surface area contributed by atoms with Crippen LogP contribution in [0.4, 0.5) is 5.69 Å². The monoisotopic (exact) mass is 360 g/mol. The molecule has 138 valence electrons. The maximum Gasteiger partial charge on any atom is 0.344 e. The molecule has 0 saturated carbocycles. The molecule has 0 unspecified atom stereocenters. The molecule has 1 aromatic carbocycles. The first-order valence-corrected chi connectivity index (χ1v) is 8.24. The van der Waals surface area contributed by atoms with Crippen LogP contribution in [-0.2, 0) is 9.53 Å². The Morgan fingerprint density at radius 3 is 2.65 bits per heavy atom. The topological polar surface area (TPSA) is 99.9 Å². The van der Waals surface area contributed by atoms with Crippen LogP contribution in [-0.4, -0.2) is 29.9 Å². The van der Waals surface area contributed by atoms with Crippen molar-refractivity contribution >= 4 is 17.6 Å². The van der Waals surface area contributed by atoms with E-state index < -0.39 is 18.0 Å². The molecule has 2 aromatic rings. The van der Waals surface area contributed by atoms with Crippen molar-refractivity contribution in [3.63, 3.8) is 0 Å². The number of rotatable bonds is 5. The molecule has 0 spiro atoms. The first-order chi connectivity index (χ1) is 12.4. The molecule has 3 rings (SSSR count). The van der Waals surface area contributed by atoms with Crippen molar-refractivity contribution in [2.45, 2.75) is 39.7 Å². The Balaban J connectivity index is 1.66. The highest BCUT2D eigenvalue weighted by atomic mass is 16.7. The molecule has 0 aliphatic carbocycles. The highest BCUT2D eigenvalue weighted by Gasteiger charge is 2.27. The summed E-state index contributed by atoms with van der Waals surface area (Å²) in [5, 5.41) is 6.49. The average molecular weight is 360 g/mol. The number of carbonyl (C=O) groups is 2. The van der Waals surface area contributed by atoms with E-state index in [1.165, 1.54) is 6.92 Å².